The van der Waals surface area contributed by atoms with Crippen molar-refractivity contribution < 1.29 is 0 Å². The Labute approximate surface area is 108 Å². The molecule has 0 aliphatic carbocycles. The molecule has 0 fully saturated rings. The standard InChI is InChI=1S/C3H4N2S.C3H3NS.2C2H6.CH4/c1-3-2-4-6-5-3;1-2-4-5-3-1;2*1-2;/h2H,1H3;1-3H;2*1-2H3;1H4. The third-order valence-electron chi connectivity index (χ3n) is 0.819. The number of nitrogens with zero attached hydrogens (tertiary/aromatic N) is 3. The molecule has 5 heteroatoms. The minimum atomic E-state index is 0. The summed E-state index contributed by atoms with van der Waals surface area (Å²) in [6.07, 6.45) is 3.51. The van der Waals surface area contributed by atoms with E-state index in [1.165, 1.54) is 23.3 Å². The molecule has 16 heavy (non-hydrogen) atoms. The SMILES string of the molecule is C.CC.CC.Cc1cnsn1.c1cnsc1. The summed E-state index contributed by atoms with van der Waals surface area (Å²) in [7, 11) is 0. The smallest absolute Gasteiger partial charge is 0.0712 e. The van der Waals surface area contributed by atoms with Crippen LogP contribution in [0, 0.1) is 6.92 Å². The van der Waals surface area contributed by atoms with Gasteiger partial charge in [0.25, 0.3) is 0 Å². The average molecular weight is 261 g/mol. The molecule has 2 rings (SSSR count). The number of hydrogen-bond acceptors (Lipinski definition) is 5. The second-order valence-corrected chi connectivity index (χ2v) is 2.99. The second kappa shape index (κ2) is 19.7. The molecule has 94 valence electrons. The summed E-state index contributed by atoms with van der Waals surface area (Å²) < 4.78 is 11.4. The molecule has 0 aliphatic rings. The number of aryl methyl sites for hydroxylation is 1. The highest BCUT2D eigenvalue weighted by Gasteiger charge is 1.78. The Balaban J connectivity index is -0.000000156. The van der Waals surface area contributed by atoms with Crippen molar-refractivity contribution in [2.24, 2.45) is 0 Å². The van der Waals surface area contributed by atoms with Gasteiger partial charge in [0, 0.05) is 11.6 Å². The molecule has 2 aromatic rings. The Morgan fingerprint density at radius 3 is 1.81 bits per heavy atom. The van der Waals surface area contributed by atoms with E-state index in [-0.39, 0.29) is 7.43 Å². The molecule has 0 aromatic carbocycles. The molecule has 0 saturated carbocycles. The first kappa shape index (κ1) is 20.6. The summed E-state index contributed by atoms with van der Waals surface area (Å²) in [5.74, 6) is 0. The van der Waals surface area contributed by atoms with Gasteiger partial charge in [-0.25, -0.2) is 4.37 Å². The fourth-order valence-electron chi connectivity index (χ4n) is 0.387. The Hall–Kier alpha value is -0.810. The predicted octanol–water partition coefficient (Wildman–Crippen LogP) is 4.68. The molecular formula is C11H23N3S2. The van der Waals surface area contributed by atoms with E-state index in [0.717, 1.165) is 5.69 Å². The first-order valence-corrected chi connectivity index (χ1v) is 6.55. The highest BCUT2D eigenvalue weighted by molar-refractivity contribution is 7.03. The van der Waals surface area contributed by atoms with Gasteiger partial charge in [-0.05, 0) is 24.5 Å². The lowest BCUT2D eigenvalue weighted by Gasteiger charge is -1.61. The van der Waals surface area contributed by atoms with Gasteiger partial charge < -0.3 is 0 Å². The van der Waals surface area contributed by atoms with E-state index >= 15 is 0 Å². The van der Waals surface area contributed by atoms with Crippen molar-refractivity contribution >= 4 is 23.3 Å². The quantitative estimate of drug-likeness (QED) is 0.691. The van der Waals surface area contributed by atoms with Crippen molar-refractivity contribution in [3.8, 4) is 0 Å². The first-order chi connectivity index (χ1) is 7.39. The van der Waals surface area contributed by atoms with Crippen molar-refractivity contribution in [1.82, 2.24) is 13.1 Å². The molecule has 0 spiro atoms. The first-order valence-electron chi connectivity index (χ1n) is 4.98. The van der Waals surface area contributed by atoms with Crippen molar-refractivity contribution in [3.05, 3.63) is 29.5 Å². The normalized spacial score (nSPS) is 6.56. The van der Waals surface area contributed by atoms with Gasteiger partial charge in [-0.1, -0.05) is 35.1 Å². The van der Waals surface area contributed by atoms with Crippen LogP contribution in [0.1, 0.15) is 40.8 Å². The lowest BCUT2D eigenvalue weighted by Crippen LogP contribution is -1.58. The van der Waals surface area contributed by atoms with Crippen LogP contribution in [0.15, 0.2) is 23.8 Å². The molecule has 0 atom stereocenters. The van der Waals surface area contributed by atoms with Crippen molar-refractivity contribution in [2.45, 2.75) is 42.0 Å². The minimum absolute atomic E-state index is 0. The molecule has 2 aromatic heterocycles. The van der Waals surface area contributed by atoms with Crippen LogP contribution in [-0.2, 0) is 0 Å². The zero-order chi connectivity index (χ0) is 11.9. The topological polar surface area (TPSA) is 38.7 Å². The third-order valence-corrected chi connectivity index (χ3v) is 1.91. The van der Waals surface area contributed by atoms with E-state index in [1.807, 2.05) is 46.1 Å². The van der Waals surface area contributed by atoms with Crippen LogP contribution in [-0.4, -0.2) is 13.1 Å². The van der Waals surface area contributed by atoms with E-state index in [0.29, 0.717) is 0 Å². The molecular weight excluding hydrogens is 238 g/mol. The van der Waals surface area contributed by atoms with Gasteiger partial charge in [0.2, 0.25) is 0 Å². The van der Waals surface area contributed by atoms with Gasteiger partial charge in [0.15, 0.2) is 0 Å². The Bertz CT molecular complexity index is 237. The Morgan fingerprint density at radius 1 is 1.06 bits per heavy atom. The van der Waals surface area contributed by atoms with Gasteiger partial charge in [-0.2, -0.15) is 8.75 Å². The van der Waals surface area contributed by atoms with Crippen molar-refractivity contribution in [3.63, 3.8) is 0 Å². The van der Waals surface area contributed by atoms with Gasteiger partial charge in [-0.15, -0.1) is 0 Å². The number of aromatic nitrogens is 3. The van der Waals surface area contributed by atoms with Crippen LogP contribution in [0.25, 0.3) is 0 Å². The molecule has 0 radical (unpaired) electrons. The molecule has 0 saturated heterocycles. The predicted molar refractivity (Wildman–Crippen MR) is 76.2 cm³/mol. The van der Waals surface area contributed by atoms with Gasteiger partial charge in [0.1, 0.15) is 0 Å². The zero-order valence-corrected chi connectivity index (χ0v) is 11.6. The number of rotatable bonds is 0. The van der Waals surface area contributed by atoms with E-state index < -0.39 is 0 Å². The lowest BCUT2D eigenvalue weighted by atomic mass is 10.6. The summed E-state index contributed by atoms with van der Waals surface area (Å²) in [6.45, 7) is 9.92. The van der Waals surface area contributed by atoms with E-state index in [9.17, 15) is 0 Å². The van der Waals surface area contributed by atoms with E-state index in [4.69, 9.17) is 0 Å². The molecule has 0 amide bonds. The van der Waals surface area contributed by atoms with Crippen LogP contribution < -0.4 is 0 Å². The molecule has 3 nitrogen and oxygen atoms in total. The third kappa shape index (κ3) is 15.7. The van der Waals surface area contributed by atoms with Gasteiger partial charge in [0.05, 0.1) is 23.6 Å². The van der Waals surface area contributed by atoms with Gasteiger partial charge in [-0.3, -0.25) is 0 Å². The fraction of sp³-hybridized carbons (Fsp3) is 0.545. The van der Waals surface area contributed by atoms with Crippen molar-refractivity contribution in [2.75, 3.05) is 0 Å². The molecule has 0 bridgehead atoms. The maximum Gasteiger partial charge on any atom is 0.0712 e. The summed E-state index contributed by atoms with van der Waals surface area (Å²) in [5, 5.41) is 1.93. The van der Waals surface area contributed by atoms with Crippen LogP contribution in [0.4, 0.5) is 0 Å². The number of hydrogen-bond donors (Lipinski definition) is 0. The average Bonchev–Trinajstić information content (AvgIpc) is 2.98. The summed E-state index contributed by atoms with van der Waals surface area (Å²) >= 11 is 2.70. The van der Waals surface area contributed by atoms with Crippen LogP contribution in [0.5, 0.6) is 0 Å². The Morgan fingerprint density at radius 2 is 1.69 bits per heavy atom. The highest BCUT2D eigenvalue weighted by Crippen LogP contribution is 1.88. The summed E-state index contributed by atoms with van der Waals surface area (Å²) in [5.41, 5.74) is 1.00. The van der Waals surface area contributed by atoms with Crippen LogP contribution in [0.2, 0.25) is 0 Å². The molecule has 0 unspecified atom stereocenters. The van der Waals surface area contributed by atoms with E-state index in [2.05, 4.69) is 13.1 Å². The molecule has 0 aliphatic heterocycles. The van der Waals surface area contributed by atoms with Gasteiger partial charge >= 0.3 is 0 Å². The van der Waals surface area contributed by atoms with Crippen LogP contribution in [0.3, 0.4) is 0 Å². The maximum absolute atomic E-state index is 3.85. The minimum Gasteiger partial charge on any atom is -0.201 e. The van der Waals surface area contributed by atoms with E-state index in [1.54, 1.807) is 12.4 Å². The Kier molecular flexibility index (Phi) is 25.4. The maximum atomic E-state index is 3.85. The highest BCUT2D eigenvalue weighted by atomic mass is 32.1. The zero-order valence-electron chi connectivity index (χ0n) is 9.97. The molecule has 2 heterocycles. The fourth-order valence-corrected chi connectivity index (χ4v) is 1.16. The van der Waals surface area contributed by atoms with Crippen molar-refractivity contribution in [1.29, 1.82) is 0 Å². The second-order valence-electron chi connectivity index (χ2n) is 1.74. The largest absolute Gasteiger partial charge is 0.201 e. The lowest BCUT2D eigenvalue weighted by molar-refractivity contribution is 1.33. The summed E-state index contributed by atoms with van der Waals surface area (Å²) in [6, 6.07) is 1.91. The monoisotopic (exact) mass is 261 g/mol. The summed E-state index contributed by atoms with van der Waals surface area (Å²) in [4.78, 5) is 0. The molecule has 0 N–H and O–H groups in total. The van der Waals surface area contributed by atoms with Crippen LogP contribution >= 0.6 is 23.3 Å².